The minimum Gasteiger partial charge on any atom is -0.384 e. The number of hydrogen-bond donors (Lipinski definition) is 2. The monoisotopic (exact) mass is 325 g/mol. The minimum atomic E-state index is -4.80. The molecule has 2 heterocycles. The molecule has 0 bridgehead atoms. The molecule has 1 aromatic carbocycles. The number of hydrogen-bond acceptors (Lipinski definition) is 5. The summed E-state index contributed by atoms with van der Waals surface area (Å²) in [6.07, 6.45) is -2.93. The molecule has 0 amide bonds. The first kappa shape index (κ1) is 15.2. The van der Waals surface area contributed by atoms with Gasteiger partial charge < -0.3 is 16.4 Å². The van der Waals surface area contributed by atoms with Crippen LogP contribution in [0, 0.1) is 5.82 Å². The van der Waals surface area contributed by atoms with Gasteiger partial charge in [0.25, 0.3) is 0 Å². The molecule has 1 aliphatic heterocycles. The number of pyridine rings is 1. The molecule has 0 saturated heterocycles. The van der Waals surface area contributed by atoms with Crippen LogP contribution in [-0.4, -0.2) is 11.3 Å². The number of aliphatic imine (C=N–C) groups is 1. The number of nitrogens with zero attached hydrogens (tertiary/aromatic N) is 3. The molecule has 1 aliphatic rings. The van der Waals surface area contributed by atoms with E-state index in [-0.39, 0.29) is 11.5 Å². The van der Waals surface area contributed by atoms with E-state index in [9.17, 15) is 17.6 Å². The molecule has 9 heteroatoms. The average Bonchev–Trinajstić information content (AvgIpc) is 2.48. The summed E-state index contributed by atoms with van der Waals surface area (Å²) in [5, 5.41) is 0. The number of halogens is 4. The van der Waals surface area contributed by atoms with Crippen molar-refractivity contribution < 1.29 is 17.6 Å². The molecule has 1 atom stereocenters. The maximum Gasteiger partial charge on any atom is 0.419 e. The minimum absolute atomic E-state index is 0.0657. The van der Waals surface area contributed by atoms with E-state index in [0.29, 0.717) is 17.3 Å². The lowest BCUT2D eigenvalue weighted by molar-refractivity contribution is -0.139. The molecular weight excluding hydrogens is 314 g/mol. The maximum absolute atomic E-state index is 13.4. The summed E-state index contributed by atoms with van der Waals surface area (Å²) >= 11 is 0. The number of rotatable bonds is 1. The molecule has 1 unspecified atom stereocenters. The largest absolute Gasteiger partial charge is 0.419 e. The normalized spacial score (nSPS) is 17.3. The zero-order chi connectivity index (χ0) is 16.8. The summed E-state index contributed by atoms with van der Waals surface area (Å²) in [7, 11) is 0. The molecule has 0 spiro atoms. The second-order valence-electron chi connectivity index (χ2n) is 4.93. The number of anilines is 2. The van der Waals surface area contributed by atoms with E-state index in [0.717, 1.165) is 6.07 Å². The third-order valence-electron chi connectivity index (χ3n) is 3.43. The van der Waals surface area contributed by atoms with Crippen molar-refractivity contribution in [3.8, 4) is 0 Å². The smallest absolute Gasteiger partial charge is 0.384 e. The SMILES string of the molecule is Nc1cc2c(cn1)N=CN(c1ccc(F)c(C(F)(F)F)c1)C2N. The van der Waals surface area contributed by atoms with Gasteiger partial charge in [-0.25, -0.2) is 14.4 Å². The Balaban J connectivity index is 2.04. The summed E-state index contributed by atoms with van der Waals surface area (Å²) < 4.78 is 51.9. The van der Waals surface area contributed by atoms with Crippen LogP contribution in [0.1, 0.15) is 17.3 Å². The molecule has 0 aliphatic carbocycles. The van der Waals surface area contributed by atoms with Gasteiger partial charge in [-0.05, 0) is 24.3 Å². The molecule has 4 N–H and O–H groups in total. The number of alkyl halides is 3. The summed E-state index contributed by atoms with van der Waals surface area (Å²) in [6.45, 7) is 0. The first-order valence-electron chi connectivity index (χ1n) is 6.47. The van der Waals surface area contributed by atoms with Crippen LogP contribution >= 0.6 is 0 Å². The number of nitrogens with two attached hydrogens (primary N) is 2. The van der Waals surface area contributed by atoms with Crippen molar-refractivity contribution in [2.75, 3.05) is 10.6 Å². The highest BCUT2D eigenvalue weighted by atomic mass is 19.4. The van der Waals surface area contributed by atoms with Crippen molar-refractivity contribution >= 4 is 23.5 Å². The van der Waals surface area contributed by atoms with Crippen molar-refractivity contribution in [3.05, 3.63) is 47.4 Å². The van der Waals surface area contributed by atoms with Gasteiger partial charge in [0.2, 0.25) is 0 Å². The van der Waals surface area contributed by atoms with Crippen LogP contribution in [0.15, 0.2) is 35.5 Å². The average molecular weight is 325 g/mol. The van der Waals surface area contributed by atoms with Gasteiger partial charge in [0.1, 0.15) is 17.8 Å². The second kappa shape index (κ2) is 5.20. The van der Waals surface area contributed by atoms with Gasteiger partial charge in [0, 0.05) is 11.3 Å². The summed E-state index contributed by atoms with van der Waals surface area (Å²) in [6, 6.07) is 4.13. The summed E-state index contributed by atoms with van der Waals surface area (Å²) in [4.78, 5) is 9.26. The molecule has 1 aromatic heterocycles. The van der Waals surface area contributed by atoms with Gasteiger partial charge >= 0.3 is 6.18 Å². The quantitative estimate of drug-likeness (QED) is 0.790. The van der Waals surface area contributed by atoms with Gasteiger partial charge in [0.15, 0.2) is 0 Å². The fraction of sp³-hybridized carbons (Fsp3) is 0.143. The topological polar surface area (TPSA) is 80.5 Å². The van der Waals surface area contributed by atoms with Crippen LogP contribution in [0.2, 0.25) is 0 Å². The van der Waals surface area contributed by atoms with E-state index in [1.54, 1.807) is 0 Å². The molecular formula is C14H11F4N5. The van der Waals surface area contributed by atoms with E-state index in [1.807, 2.05) is 0 Å². The fourth-order valence-corrected chi connectivity index (χ4v) is 2.29. The van der Waals surface area contributed by atoms with Crippen molar-refractivity contribution in [2.24, 2.45) is 10.7 Å². The Morgan fingerprint density at radius 3 is 2.61 bits per heavy atom. The van der Waals surface area contributed by atoms with Crippen molar-refractivity contribution in [2.45, 2.75) is 12.3 Å². The predicted octanol–water partition coefficient (Wildman–Crippen LogP) is 2.96. The Hall–Kier alpha value is -2.68. The third kappa shape index (κ3) is 2.70. The van der Waals surface area contributed by atoms with Crippen LogP contribution < -0.4 is 16.4 Å². The number of benzene rings is 1. The lowest BCUT2D eigenvalue weighted by atomic mass is 10.1. The van der Waals surface area contributed by atoms with Crippen LogP contribution in [-0.2, 0) is 6.18 Å². The van der Waals surface area contributed by atoms with E-state index in [4.69, 9.17) is 11.5 Å². The Labute approximate surface area is 128 Å². The zero-order valence-electron chi connectivity index (χ0n) is 11.5. The van der Waals surface area contributed by atoms with Crippen molar-refractivity contribution in [1.29, 1.82) is 0 Å². The van der Waals surface area contributed by atoms with Crippen LogP contribution in [0.25, 0.3) is 0 Å². The predicted molar refractivity (Wildman–Crippen MR) is 77.6 cm³/mol. The highest BCUT2D eigenvalue weighted by Gasteiger charge is 2.35. The van der Waals surface area contributed by atoms with Gasteiger partial charge in [-0.2, -0.15) is 13.2 Å². The molecule has 5 nitrogen and oxygen atoms in total. The zero-order valence-corrected chi connectivity index (χ0v) is 11.5. The highest BCUT2D eigenvalue weighted by Crippen LogP contribution is 2.37. The Morgan fingerprint density at radius 2 is 1.91 bits per heavy atom. The highest BCUT2D eigenvalue weighted by molar-refractivity contribution is 5.85. The molecule has 0 saturated carbocycles. The van der Waals surface area contributed by atoms with Gasteiger partial charge in [-0.3, -0.25) is 0 Å². The van der Waals surface area contributed by atoms with Crippen LogP contribution in [0.4, 0.5) is 34.8 Å². The Morgan fingerprint density at radius 1 is 1.17 bits per heavy atom. The van der Waals surface area contributed by atoms with Crippen molar-refractivity contribution in [1.82, 2.24) is 4.98 Å². The molecule has 23 heavy (non-hydrogen) atoms. The first-order chi connectivity index (χ1) is 10.8. The maximum atomic E-state index is 13.4. The molecule has 120 valence electrons. The number of nitrogen functional groups attached to an aromatic ring is 1. The van der Waals surface area contributed by atoms with Gasteiger partial charge in [-0.1, -0.05) is 0 Å². The molecule has 3 rings (SSSR count). The lowest BCUT2D eigenvalue weighted by Crippen LogP contribution is -2.35. The molecule has 0 fully saturated rings. The van der Waals surface area contributed by atoms with E-state index < -0.39 is 23.7 Å². The summed E-state index contributed by atoms with van der Waals surface area (Å²) in [5.41, 5.74) is 11.3. The summed E-state index contributed by atoms with van der Waals surface area (Å²) in [5.74, 6) is -1.14. The van der Waals surface area contributed by atoms with Gasteiger partial charge in [-0.15, -0.1) is 0 Å². The van der Waals surface area contributed by atoms with E-state index in [1.165, 1.54) is 29.6 Å². The standard InChI is InChI=1S/C14H11F4N5/c15-10-2-1-7(3-9(10)14(16,17)18)23-6-22-11-5-21-12(19)4-8(11)13(23)20/h1-6,13H,20H2,(H2,19,21). The Bertz CT molecular complexity index is 787. The number of fused-ring (bicyclic) bond motifs is 1. The van der Waals surface area contributed by atoms with E-state index >= 15 is 0 Å². The van der Waals surface area contributed by atoms with Crippen LogP contribution in [0.5, 0.6) is 0 Å². The molecule has 0 radical (unpaired) electrons. The lowest BCUT2D eigenvalue weighted by Gasteiger charge is -2.31. The van der Waals surface area contributed by atoms with Crippen molar-refractivity contribution in [3.63, 3.8) is 0 Å². The third-order valence-corrected chi connectivity index (χ3v) is 3.43. The van der Waals surface area contributed by atoms with Crippen LogP contribution in [0.3, 0.4) is 0 Å². The van der Waals surface area contributed by atoms with E-state index in [2.05, 4.69) is 9.98 Å². The fourth-order valence-electron chi connectivity index (χ4n) is 2.29. The molecule has 2 aromatic rings. The second-order valence-corrected chi connectivity index (χ2v) is 4.93. The van der Waals surface area contributed by atoms with Gasteiger partial charge in [0.05, 0.1) is 23.8 Å². The Kier molecular flexibility index (Phi) is 3.44. The first-order valence-corrected chi connectivity index (χ1v) is 6.47. The number of aromatic nitrogens is 1.